The third-order valence-corrected chi connectivity index (χ3v) is 4.77. The smallest absolute Gasteiger partial charge is 0.0471 e. The molecular weight excluding hydrogens is 296 g/mol. The molecule has 0 spiro atoms. The van der Waals surface area contributed by atoms with E-state index in [2.05, 4.69) is 60.7 Å². The molecule has 0 aliphatic heterocycles. The summed E-state index contributed by atoms with van der Waals surface area (Å²) < 4.78 is 0. The van der Waals surface area contributed by atoms with Crippen LogP contribution in [0, 0.1) is 0 Å². The van der Waals surface area contributed by atoms with Crippen molar-refractivity contribution in [2.24, 2.45) is 0 Å². The number of benzene rings is 4. The molecule has 120 valence electrons. The van der Waals surface area contributed by atoms with Gasteiger partial charge in [-0.2, -0.15) is 0 Å². The fraction of sp³-hybridized carbons (Fsp3) is 0.182. The predicted octanol–water partition coefficient (Wildman–Crippen LogP) is 4.22. The van der Waals surface area contributed by atoms with Crippen LogP contribution in [-0.4, -0.2) is 23.4 Å². The molecular formula is C22H20O2. The van der Waals surface area contributed by atoms with Gasteiger partial charge in [-0.15, -0.1) is 0 Å². The molecule has 4 aromatic carbocycles. The average Bonchev–Trinajstić information content (AvgIpc) is 2.62. The van der Waals surface area contributed by atoms with E-state index in [1.807, 2.05) is 0 Å². The number of rotatable bonds is 4. The fourth-order valence-corrected chi connectivity index (χ4v) is 3.67. The van der Waals surface area contributed by atoms with Crippen LogP contribution in [0.15, 0.2) is 60.7 Å². The SMILES string of the molecule is OCCc1ccc2cc(CCO)c3c4ccccc4ccc3c2c1. The lowest BCUT2D eigenvalue weighted by Gasteiger charge is -2.14. The van der Waals surface area contributed by atoms with Gasteiger partial charge in [0.15, 0.2) is 0 Å². The van der Waals surface area contributed by atoms with Crippen LogP contribution in [0.5, 0.6) is 0 Å². The van der Waals surface area contributed by atoms with Crippen molar-refractivity contribution in [1.29, 1.82) is 0 Å². The highest BCUT2D eigenvalue weighted by Crippen LogP contribution is 2.35. The molecule has 0 atom stereocenters. The Morgan fingerprint density at radius 1 is 0.625 bits per heavy atom. The van der Waals surface area contributed by atoms with Gasteiger partial charge in [-0.1, -0.05) is 60.7 Å². The van der Waals surface area contributed by atoms with Crippen LogP contribution in [0.25, 0.3) is 32.3 Å². The first-order chi connectivity index (χ1) is 11.8. The summed E-state index contributed by atoms with van der Waals surface area (Å²) in [5, 5.41) is 26.0. The molecule has 0 heterocycles. The summed E-state index contributed by atoms with van der Waals surface area (Å²) in [6, 6.07) is 21.3. The van der Waals surface area contributed by atoms with Gasteiger partial charge in [-0.25, -0.2) is 0 Å². The summed E-state index contributed by atoms with van der Waals surface area (Å²) in [5.41, 5.74) is 2.33. The standard InChI is InChI=1S/C22H20O2/c23-11-9-15-5-6-17-14-18(10-12-24)22-19-4-2-1-3-16(19)7-8-20(22)21(17)13-15/h1-8,13-14,23-24H,9-12H2. The average molecular weight is 316 g/mol. The molecule has 0 aromatic heterocycles. The maximum Gasteiger partial charge on any atom is 0.0471 e. The van der Waals surface area contributed by atoms with Crippen LogP contribution in [-0.2, 0) is 12.8 Å². The van der Waals surface area contributed by atoms with Crippen LogP contribution < -0.4 is 0 Å². The van der Waals surface area contributed by atoms with E-state index in [4.69, 9.17) is 0 Å². The highest BCUT2D eigenvalue weighted by Gasteiger charge is 2.10. The number of fused-ring (bicyclic) bond motifs is 5. The van der Waals surface area contributed by atoms with Gasteiger partial charge in [0, 0.05) is 13.2 Å². The van der Waals surface area contributed by atoms with Crippen LogP contribution >= 0.6 is 0 Å². The number of hydrogen-bond donors (Lipinski definition) is 2. The predicted molar refractivity (Wildman–Crippen MR) is 101 cm³/mol. The molecule has 0 aliphatic carbocycles. The molecule has 0 aliphatic rings. The second kappa shape index (κ2) is 6.23. The molecule has 0 bridgehead atoms. The molecule has 24 heavy (non-hydrogen) atoms. The number of hydrogen-bond acceptors (Lipinski definition) is 2. The summed E-state index contributed by atoms with van der Waals surface area (Å²) in [6.45, 7) is 0.307. The molecule has 0 saturated carbocycles. The van der Waals surface area contributed by atoms with Crippen molar-refractivity contribution >= 4 is 32.3 Å². The van der Waals surface area contributed by atoms with Crippen molar-refractivity contribution in [3.63, 3.8) is 0 Å². The highest BCUT2D eigenvalue weighted by molar-refractivity contribution is 6.18. The highest BCUT2D eigenvalue weighted by atomic mass is 16.3. The van der Waals surface area contributed by atoms with Crippen molar-refractivity contribution in [2.75, 3.05) is 13.2 Å². The van der Waals surface area contributed by atoms with Crippen molar-refractivity contribution in [3.05, 3.63) is 71.8 Å². The molecule has 4 aromatic rings. The van der Waals surface area contributed by atoms with Crippen molar-refractivity contribution in [3.8, 4) is 0 Å². The summed E-state index contributed by atoms with van der Waals surface area (Å²) >= 11 is 0. The minimum absolute atomic E-state index is 0.145. The lowest BCUT2D eigenvalue weighted by Crippen LogP contribution is -1.95. The third-order valence-electron chi connectivity index (χ3n) is 4.77. The van der Waals surface area contributed by atoms with Crippen LogP contribution in [0.1, 0.15) is 11.1 Å². The first-order valence-electron chi connectivity index (χ1n) is 8.39. The van der Waals surface area contributed by atoms with Gasteiger partial charge in [0.2, 0.25) is 0 Å². The number of aliphatic hydroxyl groups excluding tert-OH is 2. The molecule has 4 rings (SSSR count). The minimum atomic E-state index is 0.145. The summed E-state index contributed by atoms with van der Waals surface area (Å²) in [5.74, 6) is 0. The first kappa shape index (κ1) is 15.1. The van der Waals surface area contributed by atoms with Crippen molar-refractivity contribution in [2.45, 2.75) is 12.8 Å². The van der Waals surface area contributed by atoms with E-state index in [9.17, 15) is 10.2 Å². The van der Waals surface area contributed by atoms with E-state index in [0.29, 0.717) is 12.8 Å². The molecule has 0 radical (unpaired) electrons. The molecule has 2 nitrogen and oxygen atoms in total. The monoisotopic (exact) mass is 316 g/mol. The zero-order valence-electron chi connectivity index (χ0n) is 13.5. The van der Waals surface area contributed by atoms with Crippen LogP contribution in [0.4, 0.5) is 0 Å². The molecule has 2 heteroatoms. The van der Waals surface area contributed by atoms with E-state index in [-0.39, 0.29) is 13.2 Å². The van der Waals surface area contributed by atoms with Gasteiger partial charge in [0.1, 0.15) is 0 Å². The maximum atomic E-state index is 9.51. The largest absolute Gasteiger partial charge is 0.396 e. The number of aliphatic hydroxyl groups is 2. The van der Waals surface area contributed by atoms with E-state index in [1.165, 1.54) is 37.9 Å². The van der Waals surface area contributed by atoms with Gasteiger partial charge in [0.25, 0.3) is 0 Å². The van der Waals surface area contributed by atoms with E-state index >= 15 is 0 Å². The Balaban J connectivity index is 2.15. The van der Waals surface area contributed by atoms with Gasteiger partial charge in [-0.3, -0.25) is 0 Å². The van der Waals surface area contributed by atoms with Gasteiger partial charge < -0.3 is 10.2 Å². The van der Waals surface area contributed by atoms with E-state index < -0.39 is 0 Å². The molecule has 0 amide bonds. The second-order valence-corrected chi connectivity index (χ2v) is 6.25. The molecule has 0 unspecified atom stereocenters. The summed E-state index contributed by atoms with van der Waals surface area (Å²) in [6.07, 6.45) is 1.32. The Morgan fingerprint density at radius 2 is 1.42 bits per heavy atom. The first-order valence-corrected chi connectivity index (χ1v) is 8.39. The van der Waals surface area contributed by atoms with Crippen molar-refractivity contribution < 1.29 is 10.2 Å². The molecule has 2 N–H and O–H groups in total. The van der Waals surface area contributed by atoms with E-state index in [1.54, 1.807) is 0 Å². The summed E-state index contributed by atoms with van der Waals surface area (Å²) in [7, 11) is 0. The van der Waals surface area contributed by atoms with Gasteiger partial charge >= 0.3 is 0 Å². The zero-order chi connectivity index (χ0) is 16.5. The zero-order valence-corrected chi connectivity index (χ0v) is 13.5. The van der Waals surface area contributed by atoms with E-state index in [0.717, 1.165) is 5.56 Å². The maximum absolute atomic E-state index is 9.51. The molecule has 0 fully saturated rings. The fourth-order valence-electron chi connectivity index (χ4n) is 3.67. The van der Waals surface area contributed by atoms with Crippen LogP contribution in [0.3, 0.4) is 0 Å². The second-order valence-electron chi connectivity index (χ2n) is 6.25. The lowest BCUT2D eigenvalue weighted by molar-refractivity contribution is 0.299. The quantitative estimate of drug-likeness (QED) is 0.554. The topological polar surface area (TPSA) is 40.5 Å². The van der Waals surface area contributed by atoms with Crippen LogP contribution in [0.2, 0.25) is 0 Å². The Morgan fingerprint density at radius 3 is 2.25 bits per heavy atom. The van der Waals surface area contributed by atoms with Crippen molar-refractivity contribution in [1.82, 2.24) is 0 Å². The Kier molecular flexibility index (Phi) is 3.93. The Hall–Kier alpha value is -2.42. The van der Waals surface area contributed by atoms with Gasteiger partial charge in [0.05, 0.1) is 0 Å². The normalized spacial score (nSPS) is 11.6. The lowest BCUT2D eigenvalue weighted by atomic mass is 9.91. The molecule has 0 saturated heterocycles. The third kappa shape index (κ3) is 2.44. The Labute approximate surface area is 141 Å². The minimum Gasteiger partial charge on any atom is -0.396 e. The Bertz CT molecular complexity index is 1030. The summed E-state index contributed by atoms with van der Waals surface area (Å²) in [4.78, 5) is 0. The van der Waals surface area contributed by atoms with Gasteiger partial charge in [-0.05, 0) is 56.3 Å².